The summed E-state index contributed by atoms with van der Waals surface area (Å²) in [5, 5.41) is 0.937. The molecule has 3 nitrogen and oxygen atoms in total. The molecule has 19 heavy (non-hydrogen) atoms. The van der Waals surface area contributed by atoms with Crippen molar-refractivity contribution in [2.75, 3.05) is 6.54 Å². The summed E-state index contributed by atoms with van der Waals surface area (Å²) in [6.45, 7) is 1.10. The van der Waals surface area contributed by atoms with Crippen LogP contribution in [0.2, 0.25) is 0 Å². The number of nitrogens with one attached hydrogen (secondary N) is 1. The topological polar surface area (TPSA) is 31.9 Å². The van der Waals surface area contributed by atoms with Crippen LogP contribution in [0.5, 0.6) is 0 Å². The molecule has 2 aliphatic carbocycles. The van der Waals surface area contributed by atoms with E-state index in [1.807, 2.05) is 6.20 Å². The number of rotatable bonds is 5. The third-order valence-corrected chi connectivity index (χ3v) is 4.25. The molecule has 2 aromatic heterocycles. The monoisotopic (exact) mass is 259 g/mol. The summed E-state index contributed by atoms with van der Waals surface area (Å²) in [5.41, 5.74) is 1.98. The van der Waals surface area contributed by atoms with E-state index < -0.39 is 0 Å². The van der Waals surface area contributed by atoms with Crippen LogP contribution in [0, 0.1) is 5.82 Å². The molecular formula is C15H18FN3. The van der Waals surface area contributed by atoms with Gasteiger partial charge in [-0.3, -0.25) is 4.90 Å². The maximum Gasteiger partial charge on any atom is 0.142 e. The van der Waals surface area contributed by atoms with Crippen LogP contribution in [0.1, 0.15) is 31.2 Å². The number of hydrogen-bond donors (Lipinski definition) is 1. The highest BCUT2D eigenvalue weighted by atomic mass is 19.1. The molecular weight excluding hydrogens is 241 g/mol. The number of aromatic nitrogens is 2. The minimum atomic E-state index is -0.255. The summed E-state index contributed by atoms with van der Waals surface area (Å²) in [6, 6.07) is 3.24. The van der Waals surface area contributed by atoms with Crippen molar-refractivity contribution >= 4 is 11.0 Å². The summed E-state index contributed by atoms with van der Waals surface area (Å²) >= 11 is 0. The molecule has 2 aliphatic rings. The molecule has 2 aromatic rings. The molecule has 0 amide bonds. The molecule has 2 saturated carbocycles. The first-order valence-electron chi connectivity index (χ1n) is 7.18. The highest BCUT2D eigenvalue weighted by Crippen LogP contribution is 2.37. The Kier molecular flexibility index (Phi) is 2.58. The second kappa shape index (κ2) is 4.30. The highest BCUT2D eigenvalue weighted by Gasteiger charge is 2.38. The number of fused-ring (bicyclic) bond motifs is 1. The Hall–Kier alpha value is -1.42. The van der Waals surface area contributed by atoms with Gasteiger partial charge < -0.3 is 4.98 Å². The van der Waals surface area contributed by atoms with Crippen LogP contribution < -0.4 is 0 Å². The van der Waals surface area contributed by atoms with Crippen LogP contribution in [-0.2, 0) is 6.42 Å². The Bertz CT molecular complexity index is 586. The number of pyridine rings is 1. The quantitative estimate of drug-likeness (QED) is 0.895. The van der Waals surface area contributed by atoms with Crippen LogP contribution in [0.4, 0.5) is 4.39 Å². The molecule has 0 unspecified atom stereocenters. The van der Waals surface area contributed by atoms with Crippen molar-refractivity contribution in [1.29, 1.82) is 0 Å². The smallest absolute Gasteiger partial charge is 0.142 e. The van der Waals surface area contributed by atoms with E-state index in [4.69, 9.17) is 0 Å². The SMILES string of the molecule is Fc1cnc2[nH]cc(CCN(C3CC3)C3CC3)c2c1. The Balaban J connectivity index is 1.52. The predicted molar refractivity (Wildman–Crippen MR) is 72.5 cm³/mol. The first-order valence-corrected chi connectivity index (χ1v) is 7.18. The number of H-pyrrole nitrogens is 1. The fraction of sp³-hybridized carbons (Fsp3) is 0.533. The van der Waals surface area contributed by atoms with Gasteiger partial charge in [-0.25, -0.2) is 9.37 Å². The zero-order chi connectivity index (χ0) is 12.8. The molecule has 2 fully saturated rings. The molecule has 0 bridgehead atoms. The molecule has 4 rings (SSSR count). The van der Waals surface area contributed by atoms with E-state index in [1.165, 1.54) is 37.4 Å². The van der Waals surface area contributed by atoms with Gasteiger partial charge in [-0.1, -0.05) is 0 Å². The van der Waals surface area contributed by atoms with E-state index in [1.54, 1.807) is 6.07 Å². The summed E-state index contributed by atoms with van der Waals surface area (Å²) in [6.07, 6.45) is 9.68. The number of aromatic amines is 1. The van der Waals surface area contributed by atoms with E-state index in [-0.39, 0.29) is 5.82 Å². The number of nitrogens with zero attached hydrogens (tertiary/aromatic N) is 2. The van der Waals surface area contributed by atoms with E-state index in [2.05, 4.69) is 14.9 Å². The average Bonchev–Trinajstić information content (AvgIpc) is 3.30. The van der Waals surface area contributed by atoms with Crippen LogP contribution in [-0.4, -0.2) is 33.5 Å². The van der Waals surface area contributed by atoms with Gasteiger partial charge >= 0.3 is 0 Å². The second-order valence-corrected chi connectivity index (χ2v) is 5.81. The lowest BCUT2D eigenvalue weighted by Crippen LogP contribution is -2.30. The minimum absolute atomic E-state index is 0.255. The third-order valence-electron chi connectivity index (χ3n) is 4.25. The van der Waals surface area contributed by atoms with Crippen LogP contribution in [0.3, 0.4) is 0 Å². The molecule has 0 spiro atoms. The largest absolute Gasteiger partial charge is 0.346 e. The summed E-state index contributed by atoms with van der Waals surface area (Å²) in [5.74, 6) is -0.255. The molecule has 0 atom stereocenters. The zero-order valence-electron chi connectivity index (χ0n) is 10.9. The number of halogens is 1. The van der Waals surface area contributed by atoms with Crippen molar-refractivity contribution in [3.05, 3.63) is 29.8 Å². The van der Waals surface area contributed by atoms with Crippen molar-refractivity contribution in [1.82, 2.24) is 14.9 Å². The average molecular weight is 259 g/mol. The van der Waals surface area contributed by atoms with Crippen molar-refractivity contribution in [2.45, 2.75) is 44.2 Å². The molecule has 0 aromatic carbocycles. The van der Waals surface area contributed by atoms with Gasteiger partial charge in [0.2, 0.25) is 0 Å². The molecule has 2 heterocycles. The van der Waals surface area contributed by atoms with Gasteiger partial charge in [0.1, 0.15) is 11.5 Å². The van der Waals surface area contributed by atoms with Crippen LogP contribution in [0.25, 0.3) is 11.0 Å². The molecule has 0 saturated heterocycles. The fourth-order valence-electron chi connectivity index (χ4n) is 2.96. The Morgan fingerprint density at radius 1 is 1.26 bits per heavy atom. The van der Waals surface area contributed by atoms with Gasteiger partial charge in [-0.15, -0.1) is 0 Å². The second-order valence-electron chi connectivity index (χ2n) is 5.81. The maximum absolute atomic E-state index is 13.3. The standard InChI is InChI=1S/C15H18FN3/c16-11-7-14-10(8-17-15(14)18-9-11)5-6-19(12-1-2-12)13-3-4-13/h7-9,12-13H,1-6H2,(H,17,18). The molecule has 4 heteroatoms. The van der Waals surface area contributed by atoms with Gasteiger partial charge in [0, 0.05) is 30.2 Å². The third kappa shape index (κ3) is 2.25. The van der Waals surface area contributed by atoms with Gasteiger partial charge in [0.05, 0.1) is 6.20 Å². The lowest BCUT2D eigenvalue weighted by Gasteiger charge is -2.21. The van der Waals surface area contributed by atoms with Crippen LogP contribution in [0.15, 0.2) is 18.5 Å². The molecule has 0 aliphatic heterocycles. The first-order chi connectivity index (χ1) is 9.31. The highest BCUT2D eigenvalue weighted by molar-refractivity contribution is 5.79. The predicted octanol–water partition coefficient (Wildman–Crippen LogP) is 2.87. The summed E-state index contributed by atoms with van der Waals surface area (Å²) in [4.78, 5) is 9.87. The van der Waals surface area contributed by atoms with Crippen molar-refractivity contribution in [2.24, 2.45) is 0 Å². The van der Waals surface area contributed by atoms with Crippen molar-refractivity contribution in [3.63, 3.8) is 0 Å². The molecule has 100 valence electrons. The first kappa shape index (κ1) is 11.4. The van der Waals surface area contributed by atoms with Crippen molar-refractivity contribution < 1.29 is 4.39 Å². The normalized spacial score (nSPS) is 19.5. The van der Waals surface area contributed by atoms with Crippen molar-refractivity contribution in [3.8, 4) is 0 Å². The van der Waals surface area contributed by atoms with Gasteiger partial charge in [-0.05, 0) is 43.7 Å². The Labute approximate surface area is 111 Å². The maximum atomic E-state index is 13.3. The minimum Gasteiger partial charge on any atom is -0.346 e. The molecule has 1 N–H and O–H groups in total. The van der Waals surface area contributed by atoms with E-state index >= 15 is 0 Å². The van der Waals surface area contributed by atoms with Gasteiger partial charge in [-0.2, -0.15) is 0 Å². The van der Waals surface area contributed by atoms with E-state index in [9.17, 15) is 4.39 Å². The van der Waals surface area contributed by atoms with Gasteiger partial charge in [0.15, 0.2) is 0 Å². The Morgan fingerprint density at radius 2 is 2.00 bits per heavy atom. The zero-order valence-corrected chi connectivity index (χ0v) is 10.9. The fourth-order valence-corrected chi connectivity index (χ4v) is 2.96. The van der Waals surface area contributed by atoms with E-state index in [0.717, 1.165) is 36.1 Å². The molecule has 0 radical (unpaired) electrons. The lowest BCUT2D eigenvalue weighted by atomic mass is 10.1. The summed E-state index contributed by atoms with van der Waals surface area (Å²) in [7, 11) is 0. The number of hydrogen-bond acceptors (Lipinski definition) is 2. The lowest BCUT2D eigenvalue weighted by molar-refractivity contribution is 0.256. The van der Waals surface area contributed by atoms with E-state index in [0.29, 0.717) is 0 Å². The summed E-state index contributed by atoms with van der Waals surface area (Å²) < 4.78 is 13.3. The van der Waals surface area contributed by atoms with Crippen LogP contribution >= 0.6 is 0 Å². The van der Waals surface area contributed by atoms with Gasteiger partial charge in [0.25, 0.3) is 0 Å². The Morgan fingerprint density at radius 3 is 2.68 bits per heavy atom.